The second-order valence-corrected chi connectivity index (χ2v) is 8.16. The van der Waals surface area contributed by atoms with Crippen molar-refractivity contribution in [2.24, 2.45) is 5.92 Å². The normalized spacial score (nSPS) is 24.9. The Hall–Kier alpha value is -2.34. The number of piperidine rings is 1. The lowest BCUT2D eigenvalue weighted by Crippen LogP contribution is -2.50. The molecule has 1 fully saturated rings. The van der Waals surface area contributed by atoms with Crippen LogP contribution in [-0.4, -0.2) is 50.4 Å². The third kappa shape index (κ3) is 2.88. The first-order valence-corrected chi connectivity index (χ1v) is 9.12. The van der Waals surface area contributed by atoms with Crippen LogP contribution in [0.3, 0.4) is 0 Å². The molecular formula is C20H25N3O3. The summed E-state index contributed by atoms with van der Waals surface area (Å²) in [5.41, 5.74) is 2.96. The molecule has 3 atom stereocenters. The Kier molecular flexibility index (Phi) is 4.03. The van der Waals surface area contributed by atoms with Crippen LogP contribution in [0.2, 0.25) is 0 Å². The number of aliphatic hydroxyl groups excluding tert-OH is 1. The van der Waals surface area contributed by atoms with E-state index < -0.39 is 11.7 Å². The van der Waals surface area contributed by atoms with Crippen LogP contribution in [-0.2, 0) is 4.74 Å². The Labute approximate surface area is 153 Å². The zero-order chi connectivity index (χ0) is 18.5. The first-order chi connectivity index (χ1) is 12.3. The largest absolute Gasteiger partial charge is 0.444 e. The minimum atomic E-state index is -0.609. The van der Waals surface area contributed by atoms with Crippen molar-refractivity contribution in [3.63, 3.8) is 0 Å². The number of carbonyl (C=O) groups is 1. The van der Waals surface area contributed by atoms with Crippen molar-refractivity contribution in [2.75, 3.05) is 13.1 Å². The molecule has 0 bridgehead atoms. The molecule has 4 rings (SSSR count). The van der Waals surface area contributed by atoms with E-state index in [-0.39, 0.29) is 18.1 Å². The number of fused-ring (bicyclic) bond motifs is 3. The number of benzene rings is 1. The van der Waals surface area contributed by atoms with Gasteiger partial charge in [-0.05, 0) is 32.8 Å². The molecule has 0 aliphatic carbocycles. The molecule has 3 heterocycles. The highest BCUT2D eigenvalue weighted by molar-refractivity contribution is 5.70. The van der Waals surface area contributed by atoms with E-state index in [0.717, 1.165) is 12.1 Å². The van der Waals surface area contributed by atoms with E-state index in [1.54, 1.807) is 4.90 Å². The maximum Gasteiger partial charge on any atom is 0.410 e. The Morgan fingerprint density at radius 3 is 2.81 bits per heavy atom. The molecule has 0 saturated carbocycles. The number of ether oxygens (including phenoxy) is 1. The van der Waals surface area contributed by atoms with E-state index in [2.05, 4.69) is 21.7 Å². The van der Waals surface area contributed by atoms with Gasteiger partial charge in [-0.1, -0.05) is 24.3 Å². The molecule has 1 amide bonds. The van der Waals surface area contributed by atoms with E-state index in [9.17, 15) is 9.90 Å². The highest BCUT2D eigenvalue weighted by atomic mass is 16.6. The monoisotopic (exact) mass is 355 g/mol. The lowest BCUT2D eigenvalue weighted by Gasteiger charge is -2.39. The molecule has 6 heteroatoms. The number of hydrogen-bond donors (Lipinski definition) is 1. The van der Waals surface area contributed by atoms with Crippen molar-refractivity contribution in [1.29, 1.82) is 0 Å². The average Bonchev–Trinajstić information content (AvgIpc) is 3.14. The van der Waals surface area contributed by atoms with Crippen LogP contribution in [0.15, 0.2) is 36.8 Å². The van der Waals surface area contributed by atoms with Gasteiger partial charge in [-0.2, -0.15) is 0 Å². The highest BCUT2D eigenvalue weighted by Gasteiger charge is 2.41. The first kappa shape index (κ1) is 17.1. The molecule has 2 aliphatic rings. The van der Waals surface area contributed by atoms with Gasteiger partial charge in [-0.25, -0.2) is 9.78 Å². The van der Waals surface area contributed by atoms with E-state index >= 15 is 0 Å². The number of likely N-dealkylation sites (tertiary alicyclic amines) is 1. The number of aromatic nitrogens is 2. The Morgan fingerprint density at radius 2 is 2.08 bits per heavy atom. The van der Waals surface area contributed by atoms with E-state index in [0.29, 0.717) is 13.1 Å². The summed E-state index contributed by atoms with van der Waals surface area (Å²) in [4.78, 5) is 18.2. The van der Waals surface area contributed by atoms with Crippen molar-refractivity contribution in [3.05, 3.63) is 42.4 Å². The van der Waals surface area contributed by atoms with Crippen LogP contribution in [0, 0.1) is 5.92 Å². The van der Waals surface area contributed by atoms with Crippen molar-refractivity contribution in [2.45, 2.75) is 44.9 Å². The van der Waals surface area contributed by atoms with Gasteiger partial charge >= 0.3 is 6.09 Å². The summed E-state index contributed by atoms with van der Waals surface area (Å²) >= 11 is 0. The molecule has 1 saturated heterocycles. The van der Waals surface area contributed by atoms with Gasteiger partial charge in [0.2, 0.25) is 0 Å². The molecule has 6 nitrogen and oxygen atoms in total. The topological polar surface area (TPSA) is 67.6 Å². The zero-order valence-electron chi connectivity index (χ0n) is 15.4. The summed E-state index contributed by atoms with van der Waals surface area (Å²) in [6.07, 6.45) is 3.47. The second kappa shape index (κ2) is 6.13. The third-order valence-electron chi connectivity index (χ3n) is 5.21. The maximum absolute atomic E-state index is 12.3. The predicted molar refractivity (Wildman–Crippen MR) is 97.7 cm³/mol. The molecule has 1 aromatic heterocycles. The van der Waals surface area contributed by atoms with E-state index in [1.807, 2.05) is 45.4 Å². The summed E-state index contributed by atoms with van der Waals surface area (Å²) in [6, 6.07) is 8.35. The number of aliphatic hydroxyl groups is 1. The summed E-state index contributed by atoms with van der Waals surface area (Å²) in [5.74, 6) is 0.0327. The minimum Gasteiger partial charge on any atom is -0.444 e. The standard InChI is InChI=1S/C20H25N3O3/c1-20(2,3)26-19(25)22-9-8-15(17(24)11-22)18-14-7-5-4-6-13(14)16-10-21-12-23(16)18/h4-7,10,12,15,17-18,24H,8-9,11H2,1-3H3/t15-,17-,18+/m0/s1. The number of imidazole rings is 1. The smallest absolute Gasteiger partial charge is 0.410 e. The number of nitrogens with zero attached hydrogens (tertiary/aromatic N) is 3. The zero-order valence-corrected chi connectivity index (χ0v) is 15.4. The molecular weight excluding hydrogens is 330 g/mol. The molecule has 0 radical (unpaired) electrons. The number of carbonyl (C=O) groups excluding carboxylic acids is 1. The average molecular weight is 355 g/mol. The van der Waals surface area contributed by atoms with Crippen LogP contribution in [0.25, 0.3) is 11.3 Å². The number of β-amino-alcohol motifs (C(OH)–C–C–N with tert-alkyl or cyclic N) is 1. The highest BCUT2D eigenvalue weighted by Crippen LogP contribution is 2.45. The summed E-state index contributed by atoms with van der Waals surface area (Å²) in [6.45, 7) is 6.43. The van der Waals surface area contributed by atoms with Gasteiger partial charge in [0.15, 0.2) is 0 Å². The molecule has 138 valence electrons. The fourth-order valence-electron chi connectivity index (χ4n) is 4.12. The van der Waals surface area contributed by atoms with Crippen LogP contribution in [0.1, 0.15) is 38.8 Å². The van der Waals surface area contributed by atoms with Crippen molar-refractivity contribution in [3.8, 4) is 11.3 Å². The molecule has 0 unspecified atom stereocenters. The van der Waals surface area contributed by atoms with Gasteiger partial charge in [-0.15, -0.1) is 0 Å². The Balaban J connectivity index is 1.55. The lowest BCUT2D eigenvalue weighted by molar-refractivity contribution is -0.0193. The van der Waals surface area contributed by atoms with Gasteiger partial charge in [0.05, 0.1) is 36.9 Å². The molecule has 0 spiro atoms. The fourth-order valence-corrected chi connectivity index (χ4v) is 4.12. The SMILES string of the molecule is CC(C)(C)OC(=O)N1CC[C@H]([C@H]2c3ccccc3-c3cncn32)[C@@H](O)C1. The minimum absolute atomic E-state index is 0.0327. The van der Waals surface area contributed by atoms with Gasteiger partial charge < -0.3 is 19.3 Å². The van der Waals surface area contributed by atoms with Crippen LogP contribution < -0.4 is 0 Å². The van der Waals surface area contributed by atoms with Gasteiger partial charge in [-0.3, -0.25) is 0 Å². The quantitative estimate of drug-likeness (QED) is 0.854. The van der Waals surface area contributed by atoms with Crippen molar-refractivity contribution < 1.29 is 14.6 Å². The molecule has 1 aromatic carbocycles. The number of amides is 1. The Bertz CT molecular complexity index is 824. The number of hydrogen-bond acceptors (Lipinski definition) is 4. The van der Waals surface area contributed by atoms with Gasteiger partial charge in [0.25, 0.3) is 0 Å². The number of rotatable bonds is 1. The molecule has 26 heavy (non-hydrogen) atoms. The molecule has 2 aliphatic heterocycles. The third-order valence-corrected chi connectivity index (χ3v) is 5.21. The summed E-state index contributed by atoms with van der Waals surface area (Å²) in [7, 11) is 0. The van der Waals surface area contributed by atoms with Crippen LogP contribution in [0.5, 0.6) is 0 Å². The van der Waals surface area contributed by atoms with Crippen molar-refractivity contribution in [1.82, 2.24) is 14.5 Å². The summed E-state index contributed by atoms with van der Waals surface area (Å²) in [5, 5.41) is 10.9. The maximum atomic E-state index is 12.3. The lowest BCUT2D eigenvalue weighted by atomic mass is 9.83. The first-order valence-electron chi connectivity index (χ1n) is 9.12. The van der Waals surface area contributed by atoms with Crippen LogP contribution >= 0.6 is 0 Å². The molecule has 2 aromatic rings. The van der Waals surface area contributed by atoms with Crippen molar-refractivity contribution >= 4 is 6.09 Å². The van der Waals surface area contributed by atoms with E-state index in [4.69, 9.17) is 4.74 Å². The second-order valence-electron chi connectivity index (χ2n) is 8.16. The van der Waals surface area contributed by atoms with Gasteiger partial charge in [0.1, 0.15) is 5.60 Å². The Morgan fingerprint density at radius 1 is 1.31 bits per heavy atom. The predicted octanol–water partition coefficient (Wildman–Crippen LogP) is 3.07. The van der Waals surface area contributed by atoms with Crippen LogP contribution in [0.4, 0.5) is 4.79 Å². The van der Waals surface area contributed by atoms with E-state index in [1.165, 1.54) is 11.1 Å². The fraction of sp³-hybridized carbons (Fsp3) is 0.500. The summed E-state index contributed by atoms with van der Waals surface area (Å²) < 4.78 is 7.60. The van der Waals surface area contributed by atoms with Gasteiger partial charge in [0, 0.05) is 18.0 Å². The molecule has 1 N–H and O–H groups in total.